The van der Waals surface area contributed by atoms with Crippen LogP contribution in [0.4, 0.5) is 17.1 Å². The summed E-state index contributed by atoms with van der Waals surface area (Å²) in [6.07, 6.45) is 0. The maximum Gasteiger partial charge on any atom is 0.284 e. The molecular weight excluding hydrogens is 416 g/mol. The minimum absolute atomic E-state index is 0.0928. The summed E-state index contributed by atoms with van der Waals surface area (Å²) in [4.78, 5) is 36.2. The van der Waals surface area contributed by atoms with Gasteiger partial charge in [-0.3, -0.25) is 30.3 Å². The van der Waals surface area contributed by atoms with E-state index in [1.807, 2.05) is 0 Å². The Balaban J connectivity index is 2.22. The van der Waals surface area contributed by atoms with Crippen molar-refractivity contribution in [2.75, 3.05) is 0 Å². The van der Waals surface area contributed by atoms with Gasteiger partial charge in [0.15, 0.2) is 0 Å². The third-order valence-electron chi connectivity index (χ3n) is 5.28. The second-order valence-corrected chi connectivity index (χ2v) is 7.04. The van der Waals surface area contributed by atoms with Gasteiger partial charge in [-0.25, -0.2) is 4.85 Å². The standard InChI is InChI=1S/C22H12N4O6/c1-12-5-3-4-6-15(12)22(23-2)21-17-9-13(24(27)28)7-8-16(17)20-18(21)10-14(25(29)30)11-19(20)26(31)32/h3-11H,1H3. The smallest absolute Gasteiger partial charge is 0.258 e. The topological polar surface area (TPSA) is 134 Å². The van der Waals surface area contributed by atoms with Gasteiger partial charge in [0.1, 0.15) is 0 Å². The predicted molar refractivity (Wildman–Crippen MR) is 116 cm³/mol. The molecule has 0 aromatic heterocycles. The SMILES string of the molecule is [C-]#[N+]C(=C1c2cc([N+](=O)[O-])ccc2-c2c1cc([N+](=O)[O-])cc2[N+](=O)[O-])c1ccccc1C. The fourth-order valence-electron chi connectivity index (χ4n) is 3.90. The number of nitro benzene ring substituents is 3. The van der Waals surface area contributed by atoms with E-state index in [0.717, 1.165) is 11.6 Å². The molecule has 0 radical (unpaired) electrons. The molecule has 10 heteroatoms. The molecule has 3 aromatic rings. The molecule has 0 heterocycles. The van der Waals surface area contributed by atoms with Crippen LogP contribution in [0.5, 0.6) is 0 Å². The van der Waals surface area contributed by atoms with Crippen molar-refractivity contribution in [3.05, 3.63) is 119 Å². The van der Waals surface area contributed by atoms with Crippen molar-refractivity contribution in [2.45, 2.75) is 6.92 Å². The Hall–Kier alpha value is -4.91. The summed E-state index contributed by atoms with van der Waals surface area (Å²) in [6.45, 7) is 9.60. The maximum absolute atomic E-state index is 11.8. The van der Waals surface area contributed by atoms with Gasteiger partial charge in [0, 0.05) is 18.2 Å². The second kappa shape index (κ2) is 7.41. The van der Waals surface area contributed by atoms with E-state index < -0.39 is 26.1 Å². The Morgan fingerprint density at radius 3 is 2.06 bits per heavy atom. The van der Waals surface area contributed by atoms with Crippen molar-refractivity contribution in [1.82, 2.24) is 0 Å². The van der Waals surface area contributed by atoms with Crippen LogP contribution in [0.2, 0.25) is 0 Å². The lowest BCUT2D eigenvalue weighted by molar-refractivity contribution is -0.393. The number of hydrogen-bond acceptors (Lipinski definition) is 6. The molecule has 10 nitrogen and oxygen atoms in total. The summed E-state index contributed by atoms with van der Waals surface area (Å²) in [5.74, 6) is 0. The van der Waals surface area contributed by atoms with E-state index >= 15 is 0 Å². The summed E-state index contributed by atoms with van der Waals surface area (Å²) in [5, 5.41) is 34.7. The van der Waals surface area contributed by atoms with E-state index in [0.29, 0.717) is 11.1 Å². The Kier molecular flexibility index (Phi) is 4.71. The first kappa shape index (κ1) is 20.4. The average molecular weight is 428 g/mol. The van der Waals surface area contributed by atoms with Crippen LogP contribution in [-0.2, 0) is 0 Å². The van der Waals surface area contributed by atoms with Gasteiger partial charge in [0.25, 0.3) is 17.1 Å². The molecule has 0 unspecified atom stereocenters. The molecule has 0 aliphatic heterocycles. The van der Waals surface area contributed by atoms with Crippen LogP contribution in [-0.4, -0.2) is 14.8 Å². The molecule has 3 aromatic carbocycles. The molecule has 1 aliphatic rings. The van der Waals surface area contributed by atoms with Gasteiger partial charge in [0.2, 0.25) is 5.70 Å². The third kappa shape index (κ3) is 3.05. The molecule has 0 atom stereocenters. The second-order valence-electron chi connectivity index (χ2n) is 7.04. The summed E-state index contributed by atoms with van der Waals surface area (Å²) < 4.78 is 0. The number of fused-ring (bicyclic) bond motifs is 3. The number of benzene rings is 3. The molecule has 0 spiro atoms. The van der Waals surface area contributed by atoms with E-state index in [1.54, 1.807) is 31.2 Å². The van der Waals surface area contributed by atoms with Crippen LogP contribution in [0, 0.1) is 43.8 Å². The molecule has 0 saturated heterocycles. The van der Waals surface area contributed by atoms with Gasteiger partial charge in [-0.2, -0.15) is 0 Å². The number of rotatable bonds is 4. The molecule has 32 heavy (non-hydrogen) atoms. The highest BCUT2D eigenvalue weighted by Gasteiger charge is 2.36. The van der Waals surface area contributed by atoms with Gasteiger partial charge < -0.3 is 0 Å². The normalized spacial score (nSPS) is 13.0. The van der Waals surface area contributed by atoms with Gasteiger partial charge >= 0.3 is 0 Å². The molecule has 4 rings (SSSR count). The summed E-state index contributed by atoms with van der Waals surface area (Å²) in [5.41, 5.74) is 1.03. The van der Waals surface area contributed by atoms with E-state index in [1.165, 1.54) is 24.3 Å². The first-order chi connectivity index (χ1) is 15.2. The zero-order valence-corrected chi connectivity index (χ0v) is 16.4. The van der Waals surface area contributed by atoms with Crippen molar-refractivity contribution < 1.29 is 14.8 Å². The lowest BCUT2D eigenvalue weighted by atomic mass is 9.95. The van der Waals surface area contributed by atoms with Gasteiger partial charge in [-0.05, 0) is 40.8 Å². The number of non-ortho nitro benzene ring substituents is 2. The molecule has 0 N–H and O–H groups in total. The van der Waals surface area contributed by atoms with Crippen molar-refractivity contribution in [1.29, 1.82) is 0 Å². The Labute approximate surface area is 180 Å². The number of nitro groups is 3. The predicted octanol–water partition coefficient (Wildman–Crippen LogP) is 5.54. The van der Waals surface area contributed by atoms with E-state index in [-0.39, 0.29) is 33.6 Å². The molecule has 0 amide bonds. The largest absolute Gasteiger partial charge is 0.284 e. The number of aryl methyl sites for hydroxylation is 1. The highest BCUT2D eigenvalue weighted by molar-refractivity contribution is 6.14. The van der Waals surface area contributed by atoms with Gasteiger partial charge in [-0.1, -0.05) is 29.8 Å². The molecule has 1 aliphatic carbocycles. The highest BCUT2D eigenvalue weighted by atomic mass is 16.6. The summed E-state index contributed by atoms with van der Waals surface area (Å²) in [7, 11) is 0. The van der Waals surface area contributed by atoms with Crippen LogP contribution in [0.15, 0.2) is 54.6 Å². The summed E-state index contributed by atoms with van der Waals surface area (Å²) >= 11 is 0. The van der Waals surface area contributed by atoms with Gasteiger partial charge in [0.05, 0.1) is 33.0 Å². The minimum Gasteiger partial charge on any atom is -0.258 e. The molecule has 0 fully saturated rings. The highest BCUT2D eigenvalue weighted by Crippen LogP contribution is 2.53. The van der Waals surface area contributed by atoms with Crippen LogP contribution < -0.4 is 0 Å². The maximum atomic E-state index is 11.8. The first-order valence-corrected chi connectivity index (χ1v) is 9.18. The van der Waals surface area contributed by atoms with Crippen molar-refractivity contribution in [3.63, 3.8) is 0 Å². The number of nitrogens with zero attached hydrogens (tertiary/aromatic N) is 4. The monoisotopic (exact) mass is 428 g/mol. The van der Waals surface area contributed by atoms with Crippen molar-refractivity contribution in [2.24, 2.45) is 0 Å². The Morgan fingerprint density at radius 2 is 1.47 bits per heavy atom. The lowest BCUT2D eigenvalue weighted by Gasteiger charge is -2.10. The van der Waals surface area contributed by atoms with Crippen molar-refractivity contribution in [3.8, 4) is 11.1 Å². The van der Waals surface area contributed by atoms with Crippen LogP contribution in [0.25, 0.3) is 27.2 Å². The van der Waals surface area contributed by atoms with Crippen LogP contribution in [0.3, 0.4) is 0 Å². The fourth-order valence-corrected chi connectivity index (χ4v) is 3.90. The van der Waals surface area contributed by atoms with Gasteiger partial charge in [-0.15, -0.1) is 0 Å². The van der Waals surface area contributed by atoms with Crippen LogP contribution in [0.1, 0.15) is 22.3 Å². The van der Waals surface area contributed by atoms with E-state index in [9.17, 15) is 30.3 Å². The molecule has 156 valence electrons. The van der Waals surface area contributed by atoms with E-state index in [2.05, 4.69) is 4.85 Å². The van der Waals surface area contributed by atoms with Crippen LogP contribution >= 0.6 is 0 Å². The minimum atomic E-state index is -0.748. The quantitative estimate of drug-likeness (QED) is 0.238. The zero-order chi connectivity index (χ0) is 23.2. The van der Waals surface area contributed by atoms with E-state index in [4.69, 9.17) is 6.57 Å². The third-order valence-corrected chi connectivity index (χ3v) is 5.28. The number of hydrogen-bond donors (Lipinski definition) is 0. The molecule has 0 bridgehead atoms. The molecular formula is C22H12N4O6. The zero-order valence-electron chi connectivity index (χ0n) is 16.4. The Morgan fingerprint density at radius 1 is 0.812 bits per heavy atom. The summed E-state index contributed by atoms with van der Waals surface area (Å²) in [6, 6.07) is 12.8. The average Bonchev–Trinajstić information content (AvgIpc) is 3.08. The molecule has 0 saturated carbocycles. The lowest BCUT2D eigenvalue weighted by Crippen LogP contribution is -1.97. The van der Waals surface area contributed by atoms with Crippen molar-refractivity contribution >= 4 is 28.3 Å². The fraction of sp³-hybridized carbons (Fsp3) is 0.0455. The first-order valence-electron chi connectivity index (χ1n) is 9.18. The Bertz CT molecular complexity index is 1430.